The molecule has 0 bridgehead atoms. The van der Waals surface area contributed by atoms with Crippen molar-refractivity contribution in [3.8, 4) is 0 Å². The molecule has 0 saturated heterocycles. The summed E-state index contributed by atoms with van der Waals surface area (Å²) in [6.07, 6.45) is 0.916. The van der Waals surface area contributed by atoms with Crippen molar-refractivity contribution in [2.75, 3.05) is 25.9 Å². The Morgan fingerprint density at radius 2 is 2.15 bits per heavy atom. The number of carbonyl (C=O) groups excluding carboxylic acids is 1. The van der Waals surface area contributed by atoms with E-state index in [9.17, 15) is 4.79 Å². The first-order valence-corrected chi connectivity index (χ1v) is 7.19. The number of anilines is 1. The summed E-state index contributed by atoms with van der Waals surface area (Å²) in [4.78, 5) is 14.4. The number of rotatable bonds is 7. The lowest BCUT2D eigenvalue weighted by atomic mass is 10.2. The standard InChI is InChI=1S/C14H27N5O/c1-6-19-13(12(15)11(4)17-19)14(20)16-8-7-9-18(5)10(2)3/h10H,6-9,15H2,1-5H3,(H,16,20). The summed E-state index contributed by atoms with van der Waals surface area (Å²) in [6.45, 7) is 10.3. The van der Waals surface area contributed by atoms with Gasteiger partial charge in [-0.1, -0.05) is 0 Å². The van der Waals surface area contributed by atoms with Gasteiger partial charge in [-0.15, -0.1) is 0 Å². The summed E-state index contributed by atoms with van der Waals surface area (Å²) in [6, 6.07) is 0.519. The fourth-order valence-electron chi connectivity index (χ4n) is 1.94. The van der Waals surface area contributed by atoms with Gasteiger partial charge in [-0.25, -0.2) is 0 Å². The second-order valence-electron chi connectivity index (χ2n) is 5.35. The molecule has 0 spiro atoms. The highest BCUT2D eigenvalue weighted by molar-refractivity contribution is 5.97. The number of nitrogen functional groups attached to an aromatic ring is 1. The maximum atomic E-state index is 12.2. The highest BCUT2D eigenvalue weighted by atomic mass is 16.2. The minimum Gasteiger partial charge on any atom is -0.395 e. The van der Waals surface area contributed by atoms with E-state index in [1.165, 1.54) is 0 Å². The van der Waals surface area contributed by atoms with Crippen molar-refractivity contribution in [2.45, 2.75) is 46.7 Å². The molecule has 3 N–H and O–H groups in total. The second-order valence-corrected chi connectivity index (χ2v) is 5.35. The maximum absolute atomic E-state index is 12.2. The molecule has 20 heavy (non-hydrogen) atoms. The van der Waals surface area contributed by atoms with Crippen LogP contribution in [0.25, 0.3) is 0 Å². The Morgan fingerprint density at radius 1 is 1.50 bits per heavy atom. The number of amides is 1. The average Bonchev–Trinajstić information content (AvgIpc) is 2.69. The van der Waals surface area contributed by atoms with Crippen molar-refractivity contribution >= 4 is 11.6 Å². The van der Waals surface area contributed by atoms with E-state index < -0.39 is 0 Å². The summed E-state index contributed by atoms with van der Waals surface area (Å²) < 4.78 is 1.65. The van der Waals surface area contributed by atoms with Crippen molar-refractivity contribution in [1.82, 2.24) is 20.0 Å². The first-order valence-electron chi connectivity index (χ1n) is 7.19. The molecule has 0 unspecified atom stereocenters. The van der Waals surface area contributed by atoms with E-state index >= 15 is 0 Å². The summed E-state index contributed by atoms with van der Waals surface area (Å²) in [5, 5.41) is 7.17. The molecule has 0 saturated carbocycles. The SMILES string of the molecule is CCn1nc(C)c(N)c1C(=O)NCCCN(C)C(C)C. The molecule has 0 aromatic carbocycles. The van der Waals surface area contributed by atoms with Crippen LogP contribution in [0.5, 0.6) is 0 Å². The summed E-state index contributed by atoms with van der Waals surface area (Å²) in [7, 11) is 2.08. The zero-order chi connectivity index (χ0) is 15.3. The monoisotopic (exact) mass is 281 g/mol. The molecule has 1 heterocycles. The van der Waals surface area contributed by atoms with Gasteiger partial charge in [0.05, 0.1) is 11.4 Å². The van der Waals surface area contributed by atoms with E-state index in [0.717, 1.165) is 13.0 Å². The van der Waals surface area contributed by atoms with E-state index in [4.69, 9.17) is 5.73 Å². The summed E-state index contributed by atoms with van der Waals surface area (Å²) in [5.41, 5.74) is 7.57. The normalized spacial score (nSPS) is 11.3. The van der Waals surface area contributed by atoms with Gasteiger partial charge >= 0.3 is 0 Å². The van der Waals surface area contributed by atoms with Gasteiger partial charge in [0.25, 0.3) is 5.91 Å². The number of aryl methyl sites for hydroxylation is 2. The molecule has 1 aromatic heterocycles. The van der Waals surface area contributed by atoms with Crippen LogP contribution in [0.1, 0.15) is 43.4 Å². The van der Waals surface area contributed by atoms with Crippen LogP contribution in [0.4, 0.5) is 5.69 Å². The van der Waals surface area contributed by atoms with Gasteiger partial charge in [0, 0.05) is 19.1 Å². The van der Waals surface area contributed by atoms with E-state index in [2.05, 4.69) is 36.2 Å². The van der Waals surface area contributed by atoms with Crippen LogP contribution in [0, 0.1) is 6.92 Å². The molecule has 1 rings (SSSR count). The lowest BCUT2D eigenvalue weighted by Gasteiger charge is -2.20. The van der Waals surface area contributed by atoms with Gasteiger partial charge in [0.15, 0.2) is 0 Å². The predicted octanol–water partition coefficient (Wildman–Crippen LogP) is 1.25. The van der Waals surface area contributed by atoms with Gasteiger partial charge < -0.3 is 16.0 Å². The Balaban J connectivity index is 2.52. The molecular weight excluding hydrogens is 254 g/mol. The quantitative estimate of drug-likeness (QED) is 0.738. The number of hydrogen-bond acceptors (Lipinski definition) is 4. The third-order valence-electron chi connectivity index (χ3n) is 3.54. The van der Waals surface area contributed by atoms with Crippen molar-refractivity contribution in [3.63, 3.8) is 0 Å². The zero-order valence-corrected chi connectivity index (χ0v) is 13.2. The Kier molecular flexibility index (Phi) is 6.01. The minimum atomic E-state index is -0.142. The highest BCUT2D eigenvalue weighted by Crippen LogP contribution is 2.16. The van der Waals surface area contributed by atoms with Crippen molar-refractivity contribution in [1.29, 1.82) is 0 Å². The van der Waals surface area contributed by atoms with Crippen LogP contribution in [0.3, 0.4) is 0 Å². The first kappa shape index (κ1) is 16.5. The molecule has 0 aliphatic carbocycles. The van der Waals surface area contributed by atoms with Crippen LogP contribution < -0.4 is 11.1 Å². The maximum Gasteiger partial charge on any atom is 0.271 e. The highest BCUT2D eigenvalue weighted by Gasteiger charge is 2.18. The van der Waals surface area contributed by atoms with Crippen molar-refractivity contribution in [3.05, 3.63) is 11.4 Å². The molecule has 0 radical (unpaired) electrons. The fourth-order valence-corrected chi connectivity index (χ4v) is 1.94. The molecule has 1 amide bonds. The van der Waals surface area contributed by atoms with E-state index in [1.807, 2.05) is 13.8 Å². The molecule has 114 valence electrons. The van der Waals surface area contributed by atoms with Crippen LogP contribution in [-0.2, 0) is 6.54 Å². The predicted molar refractivity (Wildman–Crippen MR) is 81.8 cm³/mol. The van der Waals surface area contributed by atoms with E-state index in [-0.39, 0.29) is 5.91 Å². The van der Waals surface area contributed by atoms with E-state index in [1.54, 1.807) is 4.68 Å². The van der Waals surface area contributed by atoms with Gasteiger partial charge in [-0.3, -0.25) is 9.48 Å². The topological polar surface area (TPSA) is 76.2 Å². The average molecular weight is 281 g/mol. The molecule has 0 aliphatic heterocycles. The molecule has 0 fully saturated rings. The first-order chi connectivity index (χ1) is 9.38. The van der Waals surface area contributed by atoms with Crippen LogP contribution in [0.15, 0.2) is 0 Å². The van der Waals surface area contributed by atoms with Gasteiger partial charge in [0.2, 0.25) is 0 Å². The van der Waals surface area contributed by atoms with Gasteiger partial charge in [0.1, 0.15) is 5.69 Å². The molecule has 6 heteroatoms. The lowest BCUT2D eigenvalue weighted by molar-refractivity contribution is 0.0942. The smallest absolute Gasteiger partial charge is 0.271 e. The molecule has 6 nitrogen and oxygen atoms in total. The third kappa shape index (κ3) is 3.96. The number of nitrogens with zero attached hydrogens (tertiary/aromatic N) is 3. The van der Waals surface area contributed by atoms with Crippen molar-refractivity contribution < 1.29 is 4.79 Å². The summed E-state index contributed by atoms with van der Waals surface area (Å²) >= 11 is 0. The Labute approximate surface area is 121 Å². The largest absolute Gasteiger partial charge is 0.395 e. The van der Waals surface area contributed by atoms with Gasteiger partial charge in [-0.2, -0.15) is 5.10 Å². The third-order valence-corrected chi connectivity index (χ3v) is 3.54. The van der Waals surface area contributed by atoms with Crippen molar-refractivity contribution in [2.24, 2.45) is 0 Å². The van der Waals surface area contributed by atoms with Crippen LogP contribution >= 0.6 is 0 Å². The van der Waals surface area contributed by atoms with Crippen LogP contribution in [-0.4, -0.2) is 46.8 Å². The number of nitrogens with two attached hydrogens (primary N) is 1. The molecule has 0 aliphatic rings. The Hall–Kier alpha value is -1.56. The minimum absolute atomic E-state index is 0.142. The van der Waals surface area contributed by atoms with E-state index in [0.29, 0.717) is 36.2 Å². The zero-order valence-electron chi connectivity index (χ0n) is 13.2. The molecular formula is C14H27N5O. The number of hydrogen-bond donors (Lipinski definition) is 2. The van der Waals surface area contributed by atoms with Gasteiger partial charge in [-0.05, 0) is 47.7 Å². The number of carbonyl (C=O) groups is 1. The fraction of sp³-hybridized carbons (Fsp3) is 0.714. The number of nitrogens with one attached hydrogen (secondary N) is 1. The second kappa shape index (κ2) is 7.28. The lowest BCUT2D eigenvalue weighted by Crippen LogP contribution is -2.32. The number of aromatic nitrogens is 2. The Morgan fingerprint density at radius 3 is 2.70 bits per heavy atom. The molecule has 0 atom stereocenters. The Bertz CT molecular complexity index is 453. The molecule has 1 aromatic rings. The van der Waals surface area contributed by atoms with Crippen LogP contribution in [0.2, 0.25) is 0 Å². The summed E-state index contributed by atoms with van der Waals surface area (Å²) in [5.74, 6) is -0.142.